The van der Waals surface area contributed by atoms with Gasteiger partial charge in [0, 0.05) is 5.69 Å². The van der Waals surface area contributed by atoms with Gasteiger partial charge in [0.2, 0.25) is 0 Å². The van der Waals surface area contributed by atoms with Crippen LogP contribution in [0.1, 0.15) is 17.4 Å². The van der Waals surface area contributed by atoms with Crippen LogP contribution in [0.4, 0.5) is 0 Å². The van der Waals surface area contributed by atoms with E-state index >= 15 is 0 Å². The summed E-state index contributed by atoms with van der Waals surface area (Å²) in [6, 6.07) is 7.40. The van der Waals surface area contributed by atoms with Gasteiger partial charge in [-0.3, -0.25) is 0 Å². The molecule has 1 aromatic carbocycles. The van der Waals surface area contributed by atoms with Crippen molar-refractivity contribution in [2.24, 2.45) is 0 Å². The molecule has 0 spiro atoms. The normalized spacial score (nSPS) is 11.0. The SMILES string of the molecule is CCOC(=O)c1nc(Br)c2c(c1O)c(Br)c(Br)n2-c1ccc(OC)cc1. The lowest BCUT2D eigenvalue weighted by molar-refractivity contribution is 0.0516. The third kappa shape index (κ3) is 3.12. The molecular formula is C17H13Br3N2O4. The lowest BCUT2D eigenvalue weighted by Gasteiger charge is -2.11. The Morgan fingerprint density at radius 2 is 1.88 bits per heavy atom. The highest BCUT2D eigenvalue weighted by Crippen LogP contribution is 2.45. The van der Waals surface area contributed by atoms with E-state index in [2.05, 4.69) is 52.8 Å². The molecular weight excluding hydrogens is 536 g/mol. The Morgan fingerprint density at radius 1 is 1.23 bits per heavy atom. The van der Waals surface area contributed by atoms with Crippen molar-refractivity contribution in [2.75, 3.05) is 13.7 Å². The van der Waals surface area contributed by atoms with Crippen LogP contribution in [0, 0.1) is 0 Å². The van der Waals surface area contributed by atoms with E-state index in [4.69, 9.17) is 9.47 Å². The van der Waals surface area contributed by atoms with Crippen LogP contribution in [-0.4, -0.2) is 34.3 Å². The largest absolute Gasteiger partial charge is 0.505 e. The number of aromatic hydroxyl groups is 1. The molecule has 3 aromatic rings. The van der Waals surface area contributed by atoms with E-state index in [1.54, 1.807) is 14.0 Å². The number of hydrogen-bond acceptors (Lipinski definition) is 5. The van der Waals surface area contributed by atoms with Crippen LogP contribution in [0.3, 0.4) is 0 Å². The molecule has 0 amide bonds. The third-order valence-corrected chi connectivity index (χ3v) is 6.33. The van der Waals surface area contributed by atoms with Gasteiger partial charge in [0.05, 0.1) is 29.1 Å². The summed E-state index contributed by atoms with van der Waals surface area (Å²) >= 11 is 10.4. The Morgan fingerprint density at radius 3 is 2.46 bits per heavy atom. The lowest BCUT2D eigenvalue weighted by Crippen LogP contribution is -2.08. The van der Waals surface area contributed by atoms with Crippen molar-refractivity contribution in [2.45, 2.75) is 6.92 Å². The van der Waals surface area contributed by atoms with Crippen molar-refractivity contribution >= 4 is 64.7 Å². The zero-order valence-corrected chi connectivity index (χ0v) is 18.5. The summed E-state index contributed by atoms with van der Waals surface area (Å²) < 4.78 is 13.7. The van der Waals surface area contributed by atoms with Gasteiger partial charge in [-0.1, -0.05) is 0 Å². The fourth-order valence-corrected chi connectivity index (χ4v) is 4.25. The predicted octanol–water partition coefficient (Wildman–Crippen LogP) is 5.20. The van der Waals surface area contributed by atoms with E-state index in [1.807, 2.05) is 28.8 Å². The first kappa shape index (κ1) is 19.2. The number of hydrogen-bond donors (Lipinski definition) is 1. The van der Waals surface area contributed by atoms with E-state index in [0.29, 0.717) is 24.6 Å². The number of halogens is 3. The smallest absolute Gasteiger partial charge is 0.360 e. The Hall–Kier alpha value is -1.58. The van der Waals surface area contributed by atoms with E-state index < -0.39 is 5.97 Å². The minimum Gasteiger partial charge on any atom is -0.505 e. The van der Waals surface area contributed by atoms with Gasteiger partial charge in [0.1, 0.15) is 15.0 Å². The number of nitrogens with zero attached hydrogens (tertiary/aromatic N) is 2. The molecule has 0 aliphatic rings. The number of aromatic nitrogens is 2. The first-order valence-electron chi connectivity index (χ1n) is 7.50. The maximum absolute atomic E-state index is 12.1. The zero-order valence-electron chi connectivity index (χ0n) is 13.7. The highest BCUT2D eigenvalue weighted by atomic mass is 79.9. The quantitative estimate of drug-likeness (QED) is 0.358. The summed E-state index contributed by atoms with van der Waals surface area (Å²) in [5.74, 6) is -0.209. The molecule has 2 heterocycles. The lowest BCUT2D eigenvalue weighted by atomic mass is 10.2. The molecule has 0 aliphatic heterocycles. The zero-order chi connectivity index (χ0) is 19.0. The number of pyridine rings is 1. The van der Waals surface area contributed by atoms with Crippen molar-refractivity contribution in [3.63, 3.8) is 0 Å². The Balaban J connectivity index is 2.31. The van der Waals surface area contributed by atoms with E-state index in [0.717, 1.165) is 11.4 Å². The highest BCUT2D eigenvalue weighted by molar-refractivity contribution is 9.13. The Bertz CT molecular complexity index is 1000. The van der Waals surface area contributed by atoms with Gasteiger partial charge in [-0.15, -0.1) is 0 Å². The van der Waals surface area contributed by atoms with Gasteiger partial charge >= 0.3 is 5.97 Å². The van der Waals surface area contributed by atoms with Crippen LogP contribution < -0.4 is 4.74 Å². The maximum Gasteiger partial charge on any atom is 0.360 e. The summed E-state index contributed by atoms with van der Waals surface area (Å²) in [5.41, 5.74) is 1.27. The second-order valence-electron chi connectivity index (χ2n) is 5.18. The van der Waals surface area contributed by atoms with E-state index in [1.165, 1.54) is 0 Å². The average Bonchev–Trinajstić information content (AvgIpc) is 2.90. The molecule has 0 fully saturated rings. The second kappa shape index (κ2) is 7.58. The molecule has 2 aromatic heterocycles. The second-order valence-corrected chi connectivity index (χ2v) is 7.48. The third-order valence-electron chi connectivity index (χ3n) is 3.72. The molecule has 0 bridgehead atoms. The van der Waals surface area contributed by atoms with Gasteiger partial charge in [-0.05, 0) is 79.0 Å². The molecule has 3 rings (SSSR count). The number of ether oxygens (including phenoxy) is 2. The first-order chi connectivity index (χ1) is 12.4. The Labute approximate surface area is 174 Å². The van der Waals surface area contributed by atoms with Crippen LogP contribution in [0.25, 0.3) is 16.6 Å². The molecule has 0 saturated carbocycles. The number of carbonyl (C=O) groups is 1. The molecule has 136 valence electrons. The number of esters is 1. The van der Waals surface area contributed by atoms with Gasteiger partial charge in [-0.25, -0.2) is 9.78 Å². The van der Waals surface area contributed by atoms with E-state index in [9.17, 15) is 9.90 Å². The van der Waals surface area contributed by atoms with Crippen molar-refractivity contribution in [1.29, 1.82) is 0 Å². The summed E-state index contributed by atoms with van der Waals surface area (Å²) in [6.45, 7) is 1.88. The maximum atomic E-state index is 12.1. The fourth-order valence-electron chi connectivity index (χ4n) is 2.56. The van der Waals surface area contributed by atoms with Crippen LogP contribution in [-0.2, 0) is 4.74 Å². The molecule has 0 radical (unpaired) electrons. The monoisotopic (exact) mass is 546 g/mol. The summed E-state index contributed by atoms with van der Waals surface area (Å²) in [7, 11) is 1.60. The van der Waals surface area contributed by atoms with Crippen LogP contribution in [0.15, 0.2) is 37.9 Å². The molecule has 0 unspecified atom stereocenters. The van der Waals surface area contributed by atoms with Gasteiger partial charge in [0.25, 0.3) is 0 Å². The fraction of sp³-hybridized carbons (Fsp3) is 0.176. The summed E-state index contributed by atoms with van der Waals surface area (Å²) in [6.07, 6.45) is 0. The average molecular weight is 549 g/mol. The highest BCUT2D eigenvalue weighted by Gasteiger charge is 2.26. The number of fused-ring (bicyclic) bond motifs is 1. The van der Waals surface area contributed by atoms with Crippen LogP contribution >= 0.6 is 47.8 Å². The number of carbonyl (C=O) groups excluding carboxylic acids is 1. The molecule has 0 aliphatic carbocycles. The van der Waals surface area contributed by atoms with Crippen molar-refractivity contribution in [1.82, 2.24) is 9.55 Å². The Kier molecular flexibility index (Phi) is 5.59. The van der Waals surface area contributed by atoms with Crippen molar-refractivity contribution in [3.8, 4) is 17.2 Å². The van der Waals surface area contributed by atoms with Gasteiger partial charge in [0.15, 0.2) is 11.4 Å². The number of benzene rings is 1. The van der Waals surface area contributed by atoms with Crippen molar-refractivity contribution < 1.29 is 19.4 Å². The van der Waals surface area contributed by atoms with Gasteiger partial charge in [-0.2, -0.15) is 0 Å². The molecule has 26 heavy (non-hydrogen) atoms. The molecule has 0 saturated heterocycles. The van der Waals surface area contributed by atoms with Gasteiger partial charge < -0.3 is 19.1 Å². The summed E-state index contributed by atoms with van der Waals surface area (Å²) in [4.78, 5) is 16.3. The topological polar surface area (TPSA) is 73.6 Å². The number of methoxy groups -OCH3 is 1. The van der Waals surface area contributed by atoms with Crippen LogP contribution in [0.5, 0.6) is 11.5 Å². The molecule has 6 nitrogen and oxygen atoms in total. The summed E-state index contributed by atoms with van der Waals surface area (Å²) in [5, 5.41) is 11.1. The standard InChI is InChI=1S/C17H13Br3N2O4/c1-3-26-17(24)12-14(23)10-11(18)16(20)22(13(10)15(19)21-12)8-4-6-9(25-2)7-5-8/h4-7,23H,3H2,1-2H3. The molecule has 1 N–H and O–H groups in total. The minimum absolute atomic E-state index is 0.147. The number of rotatable bonds is 4. The minimum atomic E-state index is -0.687. The van der Waals surface area contributed by atoms with Crippen molar-refractivity contribution in [3.05, 3.63) is 43.6 Å². The molecule has 9 heteroatoms. The van der Waals surface area contributed by atoms with Crippen LogP contribution in [0.2, 0.25) is 0 Å². The predicted molar refractivity (Wildman–Crippen MR) is 108 cm³/mol. The van der Waals surface area contributed by atoms with E-state index in [-0.39, 0.29) is 18.1 Å². The first-order valence-corrected chi connectivity index (χ1v) is 9.88. The molecule has 0 atom stereocenters.